The van der Waals surface area contributed by atoms with Gasteiger partial charge >= 0.3 is 11.9 Å². The maximum atomic E-state index is 18.4. The highest BCUT2D eigenvalue weighted by Gasteiger charge is 2.76. The number of carbonyl (C=O) groups is 4. The number of aromatic hydroxyl groups is 1. The minimum Gasteiger partial charge on any atom is -0.507 e. The molecule has 0 aromatic heterocycles. The van der Waals surface area contributed by atoms with Crippen molar-refractivity contribution in [1.29, 1.82) is 0 Å². The number of carbonyl (C=O) groups excluding carboxylic acids is 3. The number of rotatable bonds is 8. The Morgan fingerprint density at radius 3 is 2.53 bits per heavy atom. The van der Waals surface area contributed by atoms with Gasteiger partial charge < -0.3 is 25.2 Å². The van der Waals surface area contributed by atoms with Crippen molar-refractivity contribution in [2.45, 2.75) is 70.2 Å². The molecule has 0 saturated heterocycles. The number of aliphatic hydroxyl groups excluding tert-OH is 1. The Labute approximate surface area is 282 Å². The lowest BCUT2D eigenvalue weighted by molar-refractivity contribution is -0.226. The monoisotopic (exact) mass is 674 g/mol. The number of benzene rings is 2. The number of halogens is 1. The van der Waals surface area contributed by atoms with E-state index in [1.807, 2.05) is 6.08 Å². The van der Waals surface area contributed by atoms with E-state index in [2.05, 4.69) is 10.2 Å². The zero-order chi connectivity index (χ0) is 35.5. The molecule has 0 spiro atoms. The molecule has 0 bridgehead atoms. The van der Waals surface area contributed by atoms with E-state index in [9.17, 15) is 39.6 Å². The van der Waals surface area contributed by atoms with E-state index in [1.54, 1.807) is 51.1 Å². The summed E-state index contributed by atoms with van der Waals surface area (Å²) in [6.45, 7) is 4.25. The first kappa shape index (κ1) is 34.3. The van der Waals surface area contributed by atoms with E-state index in [-0.39, 0.29) is 48.4 Å². The standard InChI is InChI=1S/C37H39FN2O9/c1-20-14-27-26-10-8-22-16-24(42)12-13-34(22,2)36(26,38)31(18-35(27,3)37(20,48)30(44)19-41)49-32(45)15-21-6-4-5-7-28(21)40-39-23-9-11-29(43)25(17-23)33(46)47/h4-9,11-13,17,20,26-27,31,41,43,48H,10,14-16,18-19H2,1-3H3,(H,46,47)/t20-,26?,27?,31+,34+,35+,36+,37+/m1/s1. The number of esters is 1. The number of hydrogen-bond donors (Lipinski definition) is 4. The largest absolute Gasteiger partial charge is 0.507 e. The number of azo groups is 1. The van der Waals surface area contributed by atoms with Crippen LogP contribution in [0.15, 0.2) is 76.5 Å². The first-order valence-corrected chi connectivity index (χ1v) is 16.3. The van der Waals surface area contributed by atoms with Crippen LogP contribution in [0.3, 0.4) is 0 Å². The summed E-state index contributed by atoms with van der Waals surface area (Å²) >= 11 is 0. The maximum absolute atomic E-state index is 18.4. The number of aliphatic hydroxyl groups is 2. The molecule has 0 radical (unpaired) electrons. The van der Waals surface area contributed by atoms with Gasteiger partial charge in [0.1, 0.15) is 29.6 Å². The number of phenols is 1. The van der Waals surface area contributed by atoms with Gasteiger partial charge in [-0.1, -0.05) is 49.8 Å². The first-order valence-electron chi connectivity index (χ1n) is 16.3. The summed E-state index contributed by atoms with van der Waals surface area (Å²) < 4.78 is 24.5. The molecule has 0 amide bonds. The summed E-state index contributed by atoms with van der Waals surface area (Å²) in [7, 11) is 0. The van der Waals surface area contributed by atoms with Crippen LogP contribution in [0.25, 0.3) is 0 Å². The van der Waals surface area contributed by atoms with Crippen molar-refractivity contribution in [1.82, 2.24) is 0 Å². The summed E-state index contributed by atoms with van der Waals surface area (Å²) in [5, 5.41) is 49.3. The Morgan fingerprint density at radius 1 is 1.08 bits per heavy atom. The Morgan fingerprint density at radius 2 is 1.82 bits per heavy atom. The van der Waals surface area contributed by atoms with Crippen LogP contribution in [-0.4, -0.2) is 67.9 Å². The van der Waals surface area contributed by atoms with E-state index < -0.39 is 76.0 Å². The smallest absolute Gasteiger partial charge is 0.339 e. The lowest BCUT2D eigenvalue weighted by Gasteiger charge is -2.62. The molecular weight excluding hydrogens is 635 g/mol. The molecule has 6 rings (SSSR count). The van der Waals surface area contributed by atoms with Gasteiger partial charge in [0.15, 0.2) is 17.2 Å². The zero-order valence-corrected chi connectivity index (χ0v) is 27.4. The van der Waals surface area contributed by atoms with Crippen LogP contribution in [0.1, 0.15) is 62.4 Å². The SMILES string of the molecule is C[C@@H]1CC2C3CC=C4CC(=O)C=C[C@]4(C)[C@@]3(F)[C@@H](OC(=O)Cc3ccccc3N=Nc3ccc(O)c(C(=O)O)c3)C[C@]2(C)[C@@]1(O)C(=O)CO. The quantitative estimate of drug-likeness (QED) is 0.159. The molecule has 8 atom stereocenters. The fourth-order valence-corrected chi connectivity index (χ4v) is 9.24. The highest BCUT2D eigenvalue weighted by molar-refractivity contribution is 5.94. The fourth-order valence-electron chi connectivity index (χ4n) is 9.24. The number of allylic oxidation sites excluding steroid dienone is 4. The minimum absolute atomic E-state index is 0.0324. The van der Waals surface area contributed by atoms with Crippen LogP contribution < -0.4 is 0 Å². The lowest BCUT2D eigenvalue weighted by atomic mass is 9.45. The number of fused-ring (bicyclic) bond motifs is 5. The molecule has 12 heteroatoms. The molecule has 258 valence electrons. The maximum Gasteiger partial charge on any atom is 0.339 e. The van der Waals surface area contributed by atoms with Crippen LogP contribution in [0.5, 0.6) is 5.75 Å². The molecule has 4 N–H and O–H groups in total. The number of nitrogens with zero attached hydrogens (tertiary/aromatic N) is 2. The van der Waals surface area contributed by atoms with Crippen molar-refractivity contribution in [3.63, 3.8) is 0 Å². The number of ketones is 2. The van der Waals surface area contributed by atoms with Crippen molar-refractivity contribution in [2.24, 2.45) is 38.8 Å². The van der Waals surface area contributed by atoms with Crippen LogP contribution in [0.4, 0.5) is 15.8 Å². The molecule has 2 saturated carbocycles. The van der Waals surface area contributed by atoms with Gasteiger partial charge in [0.2, 0.25) is 0 Å². The second-order valence-electron chi connectivity index (χ2n) is 14.2. The summed E-state index contributed by atoms with van der Waals surface area (Å²) in [5.74, 6) is -5.35. The average Bonchev–Trinajstić information content (AvgIpc) is 3.26. The second-order valence-corrected chi connectivity index (χ2v) is 14.2. The lowest BCUT2D eigenvalue weighted by Crippen LogP contribution is -2.69. The second kappa shape index (κ2) is 12.1. The Kier molecular flexibility index (Phi) is 8.47. The highest BCUT2D eigenvalue weighted by Crippen LogP contribution is 2.70. The molecule has 49 heavy (non-hydrogen) atoms. The Balaban J connectivity index is 1.35. The van der Waals surface area contributed by atoms with Crippen LogP contribution >= 0.6 is 0 Å². The molecule has 0 aliphatic heterocycles. The van der Waals surface area contributed by atoms with Gasteiger partial charge in [-0.25, -0.2) is 9.18 Å². The highest BCUT2D eigenvalue weighted by atomic mass is 19.1. The van der Waals surface area contributed by atoms with E-state index in [0.717, 1.165) is 6.07 Å². The topological polar surface area (TPSA) is 183 Å². The number of Topliss-reactive ketones (excluding diaryl/α,β-unsaturated/α-hetero) is 1. The summed E-state index contributed by atoms with van der Waals surface area (Å²) in [6.07, 6.45) is 3.41. The third-order valence-electron chi connectivity index (χ3n) is 11.8. The van der Waals surface area contributed by atoms with E-state index >= 15 is 4.39 Å². The Bertz CT molecular complexity index is 1840. The predicted molar refractivity (Wildman–Crippen MR) is 173 cm³/mol. The van der Waals surface area contributed by atoms with Crippen molar-refractivity contribution < 1.29 is 48.7 Å². The number of aromatic carboxylic acids is 1. The van der Waals surface area contributed by atoms with Gasteiger partial charge in [0, 0.05) is 23.2 Å². The summed E-state index contributed by atoms with van der Waals surface area (Å²) in [6, 6.07) is 10.3. The normalized spacial score (nSPS) is 34.9. The van der Waals surface area contributed by atoms with Gasteiger partial charge in [0.05, 0.1) is 17.8 Å². The molecule has 2 unspecified atom stereocenters. The third kappa shape index (κ3) is 5.15. The van der Waals surface area contributed by atoms with Crippen molar-refractivity contribution in [2.75, 3.05) is 6.61 Å². The molecule has 4 aliphatic rings. The molecule has 4 aliphatic carbocycles. The fraction of sp³-hybridized carbons (Fsp3) is 0.459. The average molecular weight is 675 g/mol. The molecule has 2 fully saturated rings. The predicted octanol–water partition coefficient (Wildman–Crippen LogP) is 5.51. The number of ether oxygens (including phenoxy) is 1. The molecule has 2 aromatic rings. The number of carboxylic acid groups (broad SMARTS) is 1. The van der Waals surface area contributed by atoms with E-state index in [1.165, 1.54) is 18.2 Å². The molecule has 11 nitrogen and oxygen atoms in total. The van der Waals surface area contributed by atoms with Crippen molar-refractivity contribution in [3.8, 4) is 5.75 Å². The van der Waals surface area contributed by atoms with Crippen molar-refractivity contribution >= 4 is 34.9 Å². The van der Waals surface area contributed by atoms with Crippen molar-refractivity contribution in [3.05, 3.63) is 77.4 Å². The number of alkyl halides is 1. The van der Waals surface area contributed by atoms with Gasteiger partial charge in [-0.15, -0.1) is 0 Å². The van der Waals surface area contributed by atoms with Gasteiger partial charge in [-0.05, 0) is 73.9 Å². The first-order chi connectivity index (χ1) is 23.1. The third-order valence-corrected chi connectivity index (χ3v) is 11.8. The number of carboxylic acids is 1. The van der Waals surface area contributed by atoms with Gasteiger partial charge in [-0.2, -0.15) is 10.2 Å². The summed E-state index contributed by atoms with van der Waals surface area (Å²) in [5.41, 5.74) is -5.67. The van der Waals surface area contributed by atoms with Crippen LogP contribution in [-0.2, 0) is 25.5 Å². The molecule has 0 heterocycles. The van der Waals surface area contributed by atoms with E-state index in [4.69, 9.17) is 4.74 Å². The summed E-state index contributed by atoms with van der Waals surface area (Å²) in [4.78, 5) is 50.8. The van der Waals surface area contributed by atoms with Crippen LogP contribution in [0, 0.1) is 28.6 Å². The zero-order valence-electron chi connectivity index (χ0n) is 27.4. The van der Waals surface area contributed by atoms with Crippen LogP contribution in [0.2, 0.25) is 0 Å². The Hall–Kier alpha value is -4.55. The molecular formula is C37H39FN2O9. The van der Waals surface area contributed by atoms with Gasteiger partial charge in [0.25, 0.3) is 0 Å². The van der Waals surface area contributed by atoms with Gasteiger partial charge in [-0.3, -0.25) is 14.4 Å². The number of hydrogen-bond acceptors (Lipinski definition) is 10. The van der Waals surface area contributed by atoms with E-state index in [0.29, 0.717) is 17.6 Å². The minimum atomic E-state index is -2.19. The molecule has 2 aromatic carbocycles.